The average molecular weight is 1930 g/mol. The van der Waals surface area contributed by atoms with Gasteiger partial charge in [0, 0.05) is 19.8 Å². The fourth-order valence-electron chi connectivity index (χ4n) is 23.7. The number of fused-ring (bicyclic) bond motifs is 12. The lowest BCUT2D eigenvalue weighted by atomic mass is 9.67. The molecule has 0 aromatic heterocycles. The van der Waals surface area contributed by atoms with Gasteiger partial charge in [-0.25, -0.2) is 0 Å². The Morgan fingerprint density at radius 3 is 0.758 bits per heavy atom. The standard InChI is InChI=1S/C61H74Si.C37H56B2O4.C24H32Br2Si/c1-5-9-13-23-39-61(40-24-14-10-6-2)57-43-49(47-27-19-17-20-28-47)31-35-53(57)54-36-32-50(44-58(54)61)52-34-38-56-55-37-33-51(48-29-21-18-22-30-48)45-59(55)62(60(56)46-52,41-25-15-11-7-3)42-26-16-12-8-4;1-11-13-15-17-23-37(24-18-16-14-12-2)31-25-27(38-40-33(3,4)34(5,6)41-38)19-21-29(31)30-22-20-28(26-32(30)37)39-42-35(7,8)36(9,10)43-39;1-3-5-7-9-15-27(16-10-8-6-4-2)23-17-19(25)11-13-21(23)22-14-12-20(26)18-24(22)27/h17-22,27-38,43-46H,5-16,23-26,39-42H2,1-4H3;19-22,25-26H,11-18,23-24H2,1-10H3;11-14,17-18H,3-10,15-16H2,1-2H3. The highest BCUT2D eigenvalue weighted by Gasteiger charge is 2.56. The van der Waals surface area contributed by atoms with Gasteiger partial charge in [-0.05, 0) is 273 Å². The smallest absolute Gasteiger partial charge is 0.399 e. The van der Waals surface area contributed by atoms with Gasteiger partial charge < -0.3 is 18.6 Å². The number of rotatable bonds is 45. The first-order valence-electron chi connectivity index (χ1n) is 53.2. The summed E-state index contributed by atoms with van der Waals surface area (Å²) < 4.78 is 28.7. The van der Waals surface area contributed by atoms with E-state index in [4.69, 9.17) is 18.6 Å². The van der Waals surface area contributed by atoms with Crippen LogP contribution in [0.15, 0.2) is 215 Å². The highest BCUT2D eigenvalue weighted by Crippen LogP contribution is 2.58. The molecule has 0 N–H and O–H groups in total. The summed E-state index contributed by atoms with van der Waals surface area (Å²) in [6, 6.07) is 86.5. The molecule has 132 heavy (non-hydrogen) atoms. The van der Waals surface area contributed by atoms with Gasteiger partial charge in [-0.3, -0.25) is 0 Å². The molecule has 10 heteroatoms. The van der Waals surface area contributed by atoms with Crippen molar-refractivity contribution in [2.75, 3.05) is 0 Å². The molecule has 6 aliphatic rings. The van der Waals surface area contributed by atoms with Crippen molar-refractivity contribution in [2.45, 2.75) is 399 Å². The normalized spacial score (nSPS) is 16.7. The Bertz CT molecular complexity index is 5050. The van der Waals surface area contributed by atoms with Gasteiger partial charge in [0.1, 0.15) is 16.1 Å². The van der Waals surface area contributed by atoms with Gasteiger partial charge in [0.15, 0.2) is 0 Å². The molecule has 0 spiro atoms. The first-order chi connectivity index (χ1) is 63.9. The number of halogens is 2. The molecule has 0 bridgehead atoms. The molecule has 4 aliphatic heterocycles. The van der Waals surface area contributed by atoms with Gasteiger partial charge >= 0.3 is 14.2 Å². The van der Waals surface area contributed by atoms with E-state index in [2.05, 4.69) is 349 Å². The van der Waals surface area contributed by atoms with Gasteiger partial charge in [0.2, 0.25) is 0 Å². The van der Waals surface area contributed by atoms with Crippen molar-refractivity contribution in [2.24, 2.45) is 0 Å². The first kappa shape index (κ1) is 101. The number of hydrogen-bond donors (Lipinski definition) is 0. The van der Waals surface area contributed by atoms with E-state index in [1.165, 1.54) is 340 Å². The number of benzene rings is 10. The molecule has 0 saturated carbocycles. The SMILES string of the molecule is CCCCCCC1(CCCCCC)c2cc(-c3ccccc3)ccc2-c2ccc(-c3ccc4c(c3)[Si](CCCCCC)(CCCCCC)c3cc(-c5ccccc5)ccc3-4)cc21.CCCCCCC1(CCCCCC)c2cc(B3OC(C)(C)C(C)(C)O3)ccc2-c2ccc(B3OC(C)(C)C(C)(C)O3)cc21.CCCCCC[Si]1(CCCCCC)c2cc(Br)ccc2-c2ccc(Br)cc21. The monoisotopic (exact) mass is 1930 g/mol. The second-order valence-electron chi connectivity index (χ2n) is 42.8. The van der Waals surface area contributed by atoms with Gasteiger partial charge in [0.25, 0.3) is 0 Å². The average Bonchev–Trinajstić information content (AvgIpc) is 1.54. The van der Waals surface area contributed by atoms with Crippen LogP contribution in [0.5, 0.6) is 0 Å². The Hall–Kier alpha value is -6.44. The van der Waals surface area contributed by atoms with E-state index in [0.717, 1.165) is 23.8 Å². The minimum absolute atomic E-state index is 0.0326. The van der Waals surface area contributed by atoms with Gasteiger partial charge in [-0.2, -0.15) is 0 Å². The van der Waals surface area contributed by atoms with E-state index in [0.29, 0.717) is 0 Å². The van der Waals surface area contributed by atoms with Crippen LogP contribution in [-0.2, 0) is 29.4 Å². The molecular weight excluding hydrogens is 1770 g/mol. The fraction of sp³-hybridized carbons (Fsp3) is 0.508. The van der Waals surface area contributed by atoms with Crippen molar-refractivity contribution in [1.29, 1.82) is 0 Å². The maximum absolute atomic E-state index is 6.55. The molecule has 0 amide bonds. The Morgan fingerprint density at radius 1 is 0.227 bits per heavy atom. The zero-order valence-electron chi connectivity index (χ0n) is 84.5. The summed E-state index contributed by atoms with van der Waals surface area (Å²) in [4.78, 5) is 0. The highest BCUT2D eigenvalue weighted by molar-refractivity contribution is 9.10. The summed E-state index contributed by atoms with van der Waals surface area (Å²) in [5.74, 6) is 0. The lowest BCUT2D eigenvalue weighted by Crippen LogP contribution is -2.55. The van der Waals surface area contributed by atoms with E-state index in [1.54, 1.807) is 31.9 Å². The minimum atomic E-state index is -2.09. The topological polar surface area (TPSA) is 36.9 Å². The highest BCUT2D eigenvalue weighted by atomic mass is 79.9. The molecule has 4 nitrogen and oxygen atoms in total. The largest absolute Gasteiger partial charge is 0.494 e. The Labute approximate surface area is 820 Å². The fourth-order valence-corrected chi connectivity index (χ4v) is 36.1. The van der Waals surface area contributed by atoms with Crippen molar-refractivity contribution in [3.63, 3.8) is 0 Å². The molecule has 2 aliphatic carbocycles. The van der Waals surface area contributed by atoms with E-state index in [-0.39, 0.29) is 47.5 Å². The molecule has 10 aromatic carbocycles. The lowest BCUT2D eigenvalue weighted by molar-refractivity contribution is 0.00578. The van der Waals surface area contributed by atoms with Crippen LogP contribution in [0.3, 0.4) is 0 Å². The van der Waals surface area contributed by atoms with Crippen molar-refractivity contribution in [3.05, 3.63) is 237 Å². The Morgan fingerprint density at radius 2 is 0.462 bits per heavy atom. The summed E-state index contributed by atoms with van der Waals surface area (Å²) in [6.45, 7) is 35.8. The van der Waals surface area contributed by atoms with E-state index >= 15 is 0 Å². The summed E-state index contributed by atoms with van der Waals surface area (Å²) in [5, 5.41) is 6.83. The van der Waals surface area contributed by atoms with Crippen LogP contribution in [0.4, 0.5) is 0 Å². The molecule has 0 unspecified atom stereocenters. The second-order valence-corrected chi connectivity index (χ2v) is 53.1. The van der Waals surface area contributed by atoms with E-state index in [9.17, 15) is 0 Å². The molecule has 2 saturated heterocycles. The summed E-state index contributed by atoms with van der Waals surface area (Å²) in [6.07, 6.45) is 46.7. The van der Waals surface area contributed by atoms with Crippen LogP contribution in [0.25, 0.3) is 77.9 Å². The van der Waals surface area contributed by atoms with Crippen LogP contribution in [-0.4, -0.2) is 52.8 Å². The molecule has 4 heterocycles. The quantitative estimate of drug-likeness (QED) is 0.0282. The third kappa shape index (κ3) is 21.8. The van der Waals surface area contributed by atoms with Crippen molar-refractivity contribution >= 4 is 93.9 Å². The molecule has 702 valence electrons. The zero-order valence-corrected chi connectivity index (χ0v) is 89.6. The Kier molecular flexibility index (Phi) is 35.3. The second kappa shape index (κ2) is 45.9. The van der Waals surface area contributed by atoms with E-state index < -0.39 is 16.1 Å². The molecule has 0 atom stereocenters. The van der Waals surface area contributed by atoms with Crippen LogP contribution >= 0.6 is 31.9 Å². The molecule has 16 rings (SSSR count). The minimum Gasteiger partial charge on any atom is -0.399 e. The third-order valence-electron chi connectivity index (χ3n) is 32.7. The third-order valence-corrected chi connectivity index (χ3v) is 44.3. The molecule has 2 fully saturated rings. The first-order valence-corrected chi connectivity index (χ1v) is 59.6. The van der Waals surface area contributed by atoms with Crippen molar-refractivity contribution < 1.29 is 18.6 Å². The summed E-state index contributed by atoms with van der Waals surface area (Å²) in [7, 11) is -4.52. The van der Waals surface area contributed by atoms with Crippen molar-refractivity contribution in [1.82, 2.24) is 0 Å². The summed E-state index contributed by atoms with van der Waals surface area (Å²) in [5.41, 5.74) is 26.9. The van der Waals surface area contributed by atoms with Gasteiger partial charge in [-0.1, -0.05) is 463 Å². The molecule has 0 radical (unpaired) electrons. The van der Waals surface area contributed by atoms with E-state index in [1.807, 2.05) is 0 Å². The maximum Gasteiger partial charge on any atom is 0.494 e. The molecular formula is C122H162B2Br2O4Si2. The van der Waals surface area contributed by atoms with Crippen LogP contribution < -0.4 is 31.7 Å². The van der Waals surface area contributed by atoms with Gasteiger partial charge in [-0.15, -0.1) is 0 Å². The number of hydrogen-bond acceptors (Lipinski definition) is 4. The van der Waals surface area contributed by atoms with Crippen LogP contribution in [0, 0.1) is 0 Å². The Balaban J connectivity index is 0.000000173. The summed E-state index contributed by atoms with van der Waals surface area (Å²) >= 11 is 7.55. The van der Waals surface area contributed by atoms with Gasteiger partial charge in [0.05, 0.1) is 22.4 Å². The number of unbranched alkanes of at least 4 members (excludes halogenated alkanes) is 24. The van der Waals surface area contributed by atoms with Crippen molar-refractivity contribution in [3.8, 4) is 77.9 Å². The predicted octanol–water partition coefficient (Wildman–Crippen LogP) is 34.0. The zero-order chi connectivity index (χ0) is 93.3. The maximum atomic E-state index is 6.55. The van der Waals surface area contributed by atoms with Crippen LogP contribution in [0.2, 0.25) is 24.2 Å². The molecule has 10 aromatic rings. The predicted molar refractivity (Wildman–Crippen MR) is 587 cm³/mol. The van der Waals surface area contributed by atoms with Crippen LogP contribution in [0.1, 0.15) is 364 Å². The lowest BCUT2D eigenvalue weighted by Gasteiger charge is -2.33.